The fourth-order valence-corrected chi connectivity index (χ4v) is 4.13. The molecule has 0 saturated carbocycles. The van der Waals surface area contributed by atoms with Crippen LogP contribution in [0, 0.1) is 18.8 Å². The third kappa shape index (κ3) is 2.70. The molecular formula is C14H16N2O6S. The third-order valence-electron chi connectivity index (χ3n) is 4.26. The monoisotopic (exact) mass is 340 g/mol. The van der Waals surface area contributed by atoms with E-state index < -0.39 is 35.8 Å². The number of esters is 1. The summed E-state index contributed by atoms with van der Waals surface area (Å²) >= 11 is 1.00. The highest BCUT2D eigenvalue weighted by Crippen LogP contribution is 2.44. The van der Waals surface area contributed by atoms with Crippen molar-refractivity contribution in [2.45, 2.75) is 32.0 Å². The fraction of sp³-hybridized carbons (Fsp3) is 0.571. The summed E-state index contributed by atoms with van der Waals surface area (Å²) in [7, 11) is 1.27. The van der Waals surface area contributed by atoms with Crippen LogP contribution in [-0.2, 0) is 19.1 Å². The van der Waals surface area contributed by atoms with Gasteiger partial charge in [-0.3, -0.25) is 9.59 Å². The van der Waals surface area contributed by atoms with Crippen molar-refractivity contribution in [1.29, 1.82) is 0 Å². The molecule has 1 aromatic heterocycles. The molecule has 0 unspecified atom stereocenters. The largest absolute Gasteiger partial charge is 0.481 e. The molecular weight excluding hydrogens is 324 g/mol. The maximum atomic E-state index is 12.5. The average Bonchev–Trinajstić information content (AvgIpc) is 3.19. The van der Waals surface area contributed by atoms with E-state index in [-0.39, 0.29) is 11.2 Å². The van der Waals surface area contributed by atoms with Crippen molar-refractivity contribution in [2.75, 3.05) is 12.4 Å². The van der Waals surface area contributed by atoms with Crippen LogP contribution in [0.3, 0.4) is 0 Å². The molecule has 0 aromatic carbocycles. The number of nitrogens with one attached hydrogen (secondary N) is 1. The van der Waals surface area contributed by atoms with Crippen molar-refractivity contribution < 1.29 is 29.0 Å². The molecule has 3 heterocycles. The van der Waals surface area contributed by atoms with Gasteiger partial charge in [-0.2, -0.15) is 0 Å². The first-order valence-electron chi connectivity index (χ1n) is 7.17. The lowest BCUT2D eigenvalue weighted by Crippen LogP contribution is -2.40. The minimum absolute atomic E-state index is 0.250. The Balaban J connectivity index is 1.77. The summed E-state index contributed by atoms with van der Waals surface area (Å²) in [5.41, 5.74) is 0.455. The summed E-state index contributed by atoms with van der Waals surface area (Å²) in [6.45, 7) is 1.64. The highest BCUT2D eigenvalue weighted by molar-refractivity contribution is 7.17. The first-order valence-corrected chi connectivity index (χ1v) is 7.99. The van der Waals surface area contributed by atoms with Gasteiger partial charge in [-0.05, 0) is 19.8 Å². The Hall–Kier alpha value is -2.00. The number of aliphatic carboxylic acids is 1. The van der Waals surface area contributed by atoms with Gasteiger partial charge < -0.3 is 19.9 Å². The minimum atomic E-state index is -1.03. The normalized spacial score (nSPS) is 28.6. The average molecular weight is 340 g/mol. The number of carbonyl (C=O) groups excluding carboxylic acids is 2. The van der Waals surface area contributed by atoms with E-state index in [1.165, 1.54) is 7.11 Å². The van der Waals surface area contributed by atoms with E-state index in [1.54, 1.807) is 6.92 Å². The van der Waals surface area contributed by atoms with Crippen LogP contribution in [-0.4, -0.2) is 47.3 Å². The van der Waals surface area contributed by atoms with E-state index in [9.17, 15) is 19.5 Å². The molecule has 2 aliphatic rings. The number of nitrogens with zero attached hydrogens (tertiary/aromatic N) is 1. The molecule has 1 aromatic rings. The topological polar surface area (TPSA) is 115 Å². The second kappa shape index (κ2) is 5.89. The van der Waals surface area contributed by atoms with Gasteiger partial charge in [0.15, 0.2) is 5.13 Å². The number of carbonyl (C=O) groups is 3. The number of aryl methyl sites for hydroxylation is 1. The van der Waals surface area contributed by atoms with Crippen LogP contribution in [0.25, 0.3) is 0 Å². The lowest BCUT2D eigenvalue weighted by Gasteiger charge is -2.23. The number of hydrogen-bond acceptors (Lipinski definition) is 7. The molecule has 2 saturated heterocycles. The molecule has 8 nitrogen and oxygen atoms in total. The van der Waals surface area contributed by atoms with Crippen molar-refractivity contribution in [3.05, 3.63) is 10.6 Å². The number of hydrogen-bond donors (Lipinski definition) is 2. The number of ether oxygens (including phenoxy) is 2. The molecule has 23 heavy (non-hydrogen) atoms. The van der Waals surface area contributed by atoms with E-state index in [0.29, 0.717) is 23.4 Å². The van der Waals surface area contributed by atoms with E-state index in [4.69, 9.17) is 4.74 Å². The Bertz CT molecular complexity index is 672. The van der Waals surface area contributed by atoms with Crippen LogP contribution >= 0.6 is 11.3 Å². The Morgan fingerprint density at radius 2 is 1.96 bits per heavy atom. The van der Waals surface area contributed by atoms with Crippen LogP contribution in [0.1, 0.15) is 28.2 Å². The third-order valence-corrected chi connectivity index (χ3v) is 5.31. The molecule has 2 aliphatic heterocycles. The number of methoxy groups -OCH3 is 1. The molecule has 0 radical (unpaired) electrons. The molecule has 1 amide bonds. The minimum Gasteiger partial charge on any atom is -0.481 e. The summed E-state index contributed by atoms with van der Waals surface area (Å²) in [6.07, 6.45) is 0.560. The van der Waals surface area contributed by atoms with E-state index in [2.05, 4.69) is 15.0 Å². The van der Waals surface area contributed by atoms with Crippen molar-refractivity contribution in [3.8, 4) is 0 Å². The number of carboxylic acid groups (broad SMARTS) is 1. The summed E-state index contributed by atoms with van der Waals surface area (Å²) in [6, 6.07) is 0. The van der Waals surface area contributed by atoms with E-state index in [1.807, 2.05) is 0 Å². The molecule has 9 heteroatoms. The molecule has 2 fully saturated rings. The summed E-state index contributed by atoms with van der Waals surface area (Å²) in [4.78, 5) is 39.9. The molecule has 0 spiro atoms. The Kier molecular flexibility index (Phi) is 4.07. The number of amides is 1. The number of rotatable bonds is 4. The van der Waals surface area contributed by atoms with Crippen molar-refractivity contribution in [2.24, 2.45) is 11.8 Å². The van der Waals surface area contributed by atoms with Gasteiger partial charge in [0.1, 0.15) is 4.88 Å². The lowest BCUT2D eigenvalue weighted by atomic mass is 9.79. The summed E-state index contributed by atoms with van der Waals surface area (Å²) in [5.74, 6) is -3.56. The Morgan fingerprint density at radius 1 is 1.30 bits per heavy atom. The smallest absolute Gasteiger partial charge is 0.350 e. The lowest BCUT2D eigenvalue weighted by molar-refractivity contribution is -0.147. The second-order valence-electron chi connectivity index (χ2n) is 5.59. The molecule has 2 bridgehead atoms. The van der Waals surface area contributed by atoms with Gasteiger partial charge in [0.2, 0.25) is 5.91 Å². The van der Waals surface area contributed by atoms with Gasteiger partial charge in [0.05, 0.1) is 36.8 Å². The van der Waals surface area contributed by atoms with Gasteiger partial charge in [0.25, 0.3) is 0 Å². The standard InChI is InChI=1S/C14H16N2O6S/c1-5-10(13(20)21-2)23-14(15-5)16-11(17)8-6-3-4-7(22-6)9(8)12(18)19/h6-9H,3-4H2,1-2H3,(H,18,19)(H,15,16,17)/t6-,7-,8+,9+/m1/s1. The van der Waals surface area contributed by atoms with Crippen LogP contribution in [0.15, 0.2) is 0 Å². The van der Waals surface area contributed by atoms with Gasteiger partial charge in [-0.15, -0.1) is 0 Å². The van der Waals surface area contributed by atoms with Crippen LogP contribution in [0.4, 0.5) is 5.13 Å². The highest BCUT2D eigenvalue weighted by Gasteiger charge is 2.55. The van der Waals surface area contributed by atoms with Crippen molar-refractivity contribution in [1.82, 2.24) is 4.98 Å². The maximum absolute atomic E-state index is 12.5. The zero-order chi connectivity index (χ0) is 16.7. The first kappa shape index (κ1) is 15.9. The molecule has 2 N–H and O–H groups in total. The Morgan fingerprint density at radius 3 is 2.57 bits per heavy atom. The number of anilines is 1. The summed E-state index contributed by atoms with van der Waals surface area (Å²) < 4.78 is 10.2. The van der Waals surface area contributed by atoms with Crippen LogP contribution < -0.4 is 5.32 Å². The maximum Gasteiger partial charge on any atom is 0.350 e. The number of fused-ring (bicyclic) bond motifs is 2. The highest BCUT2D eigenvalue weighted by atomic mass is 32.1. The summed E-state index contributed by atoms with van der Waals surface area (Å²) in [5, 5.41) is 12.2. The number of thiazole rings is 1. The predicted octanol–water partition coefficient (Wildman–Crippen LogP) is 1.05. The van der Waals surface area contributed by atoms with Crippen molar-refractivity contribution >= 4 is 34.3 Å². The van der Waals surface area contributed by atoms with Gasteiger partial charge in [-0.25, -0.2) is 9.78 Å². The van der Waals surface area contributed by atoms with Gasteiger partial charge in [0, 0.05) is 0 Å². The number of carboxylic acids is 1. The van der Waals surface area contributed by atoms with Crippen molar-refractivity contribution in [3.63, 3.8) is 0 Å². The fourth-order valence-electron chi connectivity index (χ4n) is 3.25. The molecule has 3 rings (SSSR count). The van der Waals surface area contributed by atoms with E-state index in [0.717, 1.165) is 11.3 Å². The van der Waals surface area contributed by atoms with Gasteiger partial charge in [-0.1, -0.05) is 11.3 Å². The molecule has 0 aliphatic carbocycles. The van der Waals surface area contributed by atoms with Crippen LogP contribution in [0.5, 0.6) is 0 Å². The molecule has 124 valence electrons. The predicted molar refractivity (Wildman–Crippen MR) is 79.3 cm³/mol. The quantitative estimate of drug-likeness (QED) is 0.787. The van der Waals surface area contributed by atoms with Gasteiger partial charge >= 0.3 is 11.9 Å². The second-order valence-corrected chi connectivity index (χ2v) is 6.59. The molecule has 4 atom stereocenters. The van der Waals surface area contributed by atoms with Crippen LogP contribution in [0.2, 0.25) is 0 Å². The number of aromatic nitrogens is 1. The van der Waals surface area contributed by atoms with E-state index >= 15 is 0 Å². The zero-order valence-electron chi connectivity index (χ0n) is 12.6. The first-order chi connectivity index (χ1) is 10.9. The zero-order valence-corrected chi connectivity index (χ0v) is 13.4. The Labute approximate surface area is 135 Å². The SMILES string of the molecule is COC(=O)c1sc(NC(=O)[C@@H]2[C@@H](C(=O)O)[C@H]3CC[C@H]2O3)nc1C.